The number of carbonyl (C=O) groups excluding carboxylic acids is 1. The highest BCUT2D eigenvalue weighted by Crippen LogP contribution is 2.28. The topological polar surface area (TPSA) is 79.8 Å². The SMILES string of the molecule is CCC[C@@H](NC(=O)c1ncc(C)s1)c1cnc(Nc2ccc(C)nc2)c(Cl)c1. The van der Waals surface area contributed by atoms with Gasteiger partial charge in [0.2, 0.25) is 0 Å². The maximum atomic E-state index is 12.5. The van der Waals surface area contributed by atoms with Crippen LogP contribution in [0.5, 0.6) is 0 Å². The van der Waals surface area contributed by atoms with E-state index in [0.29, 0.717) is 15.8 Å². The van der Waals surface area contributed by atoms with Gasteiger partial charge in [0.15, 0.2) is 5.01 Å². The minimum atomic E-state index is -0.180. The summed E-state index contributed by atoms with van der Waals surface area (Å²) in [4.78, 5) is 26.4. The van der Waals surface area contributed by atoms with E-state index in [1.54, 1.807) is 18.6 Å². The summed E-state index contributed by atoms with van der Waals surface area (Å²) in [5.74, 6) is 0.369. The molecule has 0 aliphatic heterocycles. The molecule has 0 fully saturated rings. The van der Waals surface area contributed by atoms with Gasteiger partial charge >= 0.3 is 0 Å². The number of amides is 1. The minimum absolute atomic E-state index is 0.179. The molecule has 0 aliphatic rings. The van der Waals surface area contributed by atoms with Crippen molar-refractivity contribution < 1.29 is 4.79 Å². The first-order valence-corrected chi connectivity index (χ1v) is 10.2. The number of halogens is 1. The molecular weight excluding hydrogens is 394 g/mol. The minimum Gasteiger partial charge on any atom is -0.343 e. The number of pyridine rings is 2. The zero-order valence-corrected chi connectivity index (χ0v) is 17.6. The number of carbonyl (C=O) groups is 1. The van der Waals surface area contributed by atoms with E-state index in [4.69, 9.17) is 11.6 Å². The molecule has 0 aliphatic carbocycles. The van der Waals surface area contributed by atoms with Crippen molar-refractivity contribution in [2.24, 2.45) is 0 Å². The van der Waals surface area contributed by atoms with Gasteiger partial charge in [-0.2, -0.15) is 0 Å². The quantitative estimate of drug-likeness (QED) is 0.553. The summed E-state index contributed by atoms with van der Waals surface area (Å²) < 4.78 is 0. The van der Waals surface area contributed by atoms with Gasteiger partial charge in [-0.3, -0.25) is 9.78 Å². The summed E-state index contributed by atoms with van der Waals surface area (Å²) in [5.41, 5.74) is 2.61. The summed E-state index contributed by atoms with van der Waals surface area (Å²) in [6, 6.07) is 5.50. The summed E-state index contributed by atoms with van der Waals surface area (Å²) in [6.45, 7) is 5.93. The van der Waals surface area contributed by atoms with Crippen LogP contribution < -0.4 is 10.6 Å². The van der Waals surface area contributed by atoms with Crippen LogP contribution in [0.3, 0.4) is 0 Å². The number of rotatable bonds is 7. The van der Waals surface area contributed by atoms with Crippen molar-refractivity contribution in [2.45, 2.75) is 39.7 Å². The molecule has 6 nitrogen and oxygen atoms in total. The first-order chi connectivity index (χ1) is 13.5. The molecule has 3 heterocycles. The van der Waals surface area contributed by atoms with E-state index < -0.39 is 0 Å². The van der Waals surface area contributed by atoms with Crippen molar-refractivity contribution in [1.29, 1.82) is 0 Å². The fourth-order valence-electron chi connectivity index (χ4n) is 2.70. The second-order valence-electron chi connectivity index (χ2n) is 6.50. The van der Waals surface area contributed by atoms with Crippen molar-refractivity contribution in [2.75, 3.05) is 5.32 Å². The molecule has 1 amide bonds. The summed E-state index contributed by atoms with van der Waals surface area (Å²) >= 11 is 7.82. The smallest absolute Gasteiger partial charge is 0.280 e. The molecule has 0 aromatic carbocycles. The Bertz CT molecular complexity index is 957. The lowest BCUT2D eigenvalue weighted by atomic mass is 10.0. The Hall–Kier alpha value is -2.51. The van der Waals surface area contributed by atoms with Gasteiger partial charge < -0.3 is 10.6 Å². The standard InChI is InChI=1S/C20H22ClN5OS/c1-4-5-17(26-19(27)20-24-9-13(3)28-20)14-8-16(21)18(23-10-14)25-15-7-6-12(2)22-11-15/h6-11,17H,4-5H2,1-3H3,(H,23,25)(H,26,27)/t17-/m1/s1. The average molecular weight is 416 g/mol. The Morgan fingerprint density at radius 2 is 2.00 bits per heavy atom. The van der Waals surface area contributed by atoms with Gasteiger partial charge in [0.25, 0.3) is 5.91 Å². The fraction of sp³-hybridized carbons (Fsp3) is 0.300. The van der Waals surface area contributed by atoms with Crippen molar-refractivity contribution in [3.63, 3.8) is 0 Å². The molecule has 2 N–H and O–H groups in total. The first kappa shape index (κ1) is 20.2. The van der Waals surface area contributed by atoms with Gasteiger partial charge in [0, 0.05) is 23.0 Å². The van der Waals surface area contributed by atoms with E-state index in [1.165, 1.54) is 11.3 Å². The summed E-state index contributed by atoms with van der Waals surface area (Å²) in [6.07, 6.45) is 6.87. The second-order valence-corrected chi connectivity index (χ2v) is 8.15. The Labute approximate surface area is 173 Å². The molecular formula is C20H22ClN5OS. The summed E-state index contributed by atoms with van der Waals surface area (Å²) in [5, 5.41) is 7.16. The number of hydrogen-bond donors (Lipinski definition) is 2. The molecule has 0 bridgehead atoms. The maximum absolute atomic E-state index is 12.5. The molecule has 146 valence electrons. The monoisotopic (exact) mass is 415 g/mol. The van der Waals surface area contributed by atoms with Gasteiger partial charge in [-0.1, -0.05) is 24.9 Å². The molecule has 0 spiro atoms. The predicted molar refractivity (Wildman–Crippen MR) is 113 cm³/mol. The van der Waals surface area contributed by atoms with Crippen LogP contribution in [0, 0.1) is 13.8 Å². The van der Waals surface area contributed by atoms with Crippen LogP contribution in [0.2, 0.25) is 5.02 Å². The van der Waals surface area contributed by atoms with Crippen LogP contribution in [0.25, 0.3) is 0 Å². The number of aromatic nitrogens is 3. The third kappa shape index (κ3) is 5.05. The fourth-order valence-corrected chi connectivity index (χ4v) is 3.59. The van der Waals surface area contributed by atoms with Crippen molar-refractivity contribution in [3.8, 4) is 0 Å². The van der Waals surface area contributed by atoms with Crippen LogP contribution in [0.4, 0.5) is 11.5 Å². The van der Waals surface area contributed by atoms with Gasteiger partial charge in [0.05, 0.1) is 22.9 Å². The number of thiazole rings is 1. The molecule has 3 aromatic rings. The number of anilines is 2. The Morgan fingerprint density at radius 1 is 1.18 bits per heavy atom. The number of hydrogen-bond acceptors (Lipinski definition) is 6. The molecule has 0 saturated heterocycles. The second kappa shape index (κ2) is 9.12. The number of nitrogens with zero attached hydrogens (tertiary/aromatic N) is 3. The third-order valence-corrected chi connectivity index (χ3v) is 5.34. The molecule has 28 heavy (non-hydrogen) atoms. The largest absolute Gasteiger partial charge is 0.343 e. The van der Waals surface area contributed by atoms with E-state index in [2.05, 4.69) is 32.5 Å². The van der Waals surface area contributed by atoms with Crippen molar-refractivity contribution >= 4 is 40.4 Å². The van der Waals surface area contributed by atoms with E-state index in [0.717, 1.165) is 34.7 Å². The molecule has 1 atom stereocenters. The molecule has 0 saturated carbocycles. The van der Waals surface area contributed by atoms with E-state index in [1.807, 2.05) is 32.0 Å². The van der Waals surface area contributed by atoms with Crippen molar-refractivity contribution in [1.82, 2.24) is 20.3 Å². The maximum Gasteiger partial charge on any atom is 0.280 e. The normalized spacial score (nSPS) is 11.9. The van der Waals surface area contributed by atoms with Gasteiger partial charge in [-0.05, 0) is 44.0 Å². The van der Waals surface area contributed by atoms with E-state index in [-0.39, 0.29) is 11.9 Å². The Balaban J connectivity index is 1.76. The third-order valence-electron chi connectivity index (χ3n) is 4.14. The zero-order valence-electron chi connectivity index (χ0n) is 16.0. The lowest BCUT2D eigenvalue weighted by Gasteiger charge is -2.19. The van der Waals surface area contributed by atoms with Gasteiger partial charge in [-0.15, -0.1) is 11.3 Å². The zero-order chi connectivity index (χ0) is 20.1. The van der Waals surface area contributed by atoms with Crippen LogP contribution >= 0.6 is 22.9 Å². The van der Waals surface area contributed by atoms with E-state index >= 15 is 0 Å². The lowest BCUT2D eigenvalue weighted by molar-refractivity contribution is 0.0934. The van der Waals surface area contributed by atoms with Crippen LogP contribution in [0.1, 0.15) is 51.7 Å². The first-order valence-electron chi connectivity index (χ1n) is 9.04. The van der Waals surface area contributed by atoms with Crippen LogP contribution in [0.15, 0.2) is 36.8 Å². The molecule has 0 radical (unpaired) electrons. The van der Waals surface area contributed by atoms with Gasteiger partial charge in [-0.25, -0.2) is 9.97 Å². The molecule has 3 aromatic heterocycles. The molecule has 8 heteroatoms. The van der Waals surface area contributed by atoms with Crippen LogP contribution in [-0.4, -0.2) is 20.9 Å². The number of nitrogens with one attached hydrogen (secondary N) is 2. The van der Waals surface area contributed by atoms with Gasteiger partial charge in [0.1, 0.15) is 5.82 Å². The Kier molecular flexibility index (Phi) is 6.59. The molecule has 3 rings (SSSR count). The highest BCUT2D eigenvalue weighted by atomic mass is 35.5. The average Bonchev–Trinajstić information content (AvgIpc) is 3.11. The van der Waals surface area contributed by atoms with Crippen molar-refractivity contribution in [3.05, 3.63) is 63.0 Å². The predicted octanol–water partition coefficient (Wildman–Crippen LogP) is 5.22. The summed E-state index contributed by atoms with van der Waals surface area (Å²) in [7, 11) is 0. The molecule has 0 unspecified atom stereocenters. The van der Waals surface area contributed by atoms with Crippen LogP contribution in [-0.2, 0) is 0 Å². The Morgan fingerprint density at radius 3 is 2.61 bits per heavy atom. The highest BCUT2D eigenvalue weighted by Gasteiger charge is 2.19. The van der Waals surface area contributed by atoms with E-state index in [9.17, 15) is 4.79 Å². The highest BCUT2D eigenvalue weighted by molar-refractivity contribution is 7.13. The number of aryl methyl sites for hydroxylation is 2. The lowest BCUT2D eigenvalue weighted by Crippen LogP contribution is -2.28.